The maximum absolute atomic E-state index is 12.5. The van der Waals surface area contributed by atoms with Crippen LogP contribution in [0.1, 0.15) is 39.5 Å². The molecule has 0 saturated carbocycles. The second-order valence-corrected chi connectivity index (χ2v) is 7.85. The second kappa shape index (κ2) is 7.33. The lowest BCUT2D eigenvalue weighted by molar-refractivity contribution is -0.384. The number of nitro groups is 1. The molecule has 0 spiro atoms. The van der Waals surface area contributed by atoms with E-state index in [1.165, 1.54) is 34.4 Å². The summed E-state index contributed by atoms with van der Waals surface area (Å²) < 4.78 is 6.84. The number of benzene rings is 1. The summed E-state index contributed by atoms with van der Waals surface area (Å²) in [6.07, 6.45) is 3.98. The van der Waals surface area contributed by atoms with Gasteiger partial charge in [-0.1, -0.05) is 11.6 Å². The van der Waals surface area contributed by atoms with Crippen molar-refractivity contribution < 1.29 is 14.5 Å². The third-order valence-corrected chi connectivity index (χ3v) is 6.00. The van der Waals surface area contributed by atoms with Gasteiger partial charge in [-0.3, -0.25) is 19.3 Å². The van der Waals surface area contributed by atoms with Gasteiger partial charge in [0.2, 0.25) is 0 Å². The molecule has 2 heterocycles. The zero-order chi connectivity index (χ0) is 19.8. The molecule has 28 heavy (non-hydrogen) atoms. The number of halogens is 1. The molecule has 0 atom stereocenters. The highest BCUT2D eigenvalue weighted by Gasteiger charge is 2.20. The van der Waals surface area contributed by atoms with Crippen molar-refractivity contribution in [1.82, 2.24) is 9.38 Å². The Hall–Kier alpha value is -2.78. The van der Waals surface area contributed by atoms with E-state index in [1.54, 1.807) is 4.40 Å². The summed E-state index contributed by atoms with van der Waals surface area (Å²) in [5, 5.41) is 10.7. The third kappa shape index (κ3) is 3.38. The topological polar surface area (TPSA) is 104 Å². The highest BCUT2D eigenvalue weighted by atomic mass is 35.5. The summed E-state index contributed by atoms with van der Waals surface area (Å²) in [7, 11) is 0. The molecular weight excluding hydrogens is 406 g/mol. The van der Waals surface area contributed by atoms with Gasteiger partial charge in [-0.15, -0.1) is 11.3 Å². The van der Waals surface area contributed by atoms with Crippen molar-refractivity contribution in [2.45, 2.75) is 32.3 Å². The van der Waals surface area contributed by atoms with Gasteiger partial charge in [-0.05, 0) is 31.7 Å². The highest BCUT2D eigenvalue weighted by Crippen LogP contribution is 2.28. The van der Waals surface area contributed by atoms with Crippen LogP contribution >= 0.6 is 22.9 Å². The van der Waals surface area contributed by atoms with Crippen LogP contribution in [0.15, 0.2) is 29.1 Å². The number of nitrogens with zero attached hydrogens (tertiary/aromatic N) is 3. The fourth-order valence-electron chi connectivity index (χ4n) is 3.22. The molecular formula is C18H14ClN3O5S. The average Bonchev–Trinajstić information content (AvgIpc) is 3.04. The Morgan fingerprint density at radius 2 is 2.11 bits per heavy atom. The van der Waals surface area contributed by atoms with E-state index >= 15 is 0 Å². The van der Waals surface area contributed by atoms with Crippen molar-refractivity contribution in [3.8, 4) is 0 Å². The van der Waals surface area contributed by atoms with Gasteiger partial charge in [0.1, 0.15) is 6.61 Å². The summed E-state index contributed by atoms with van der Waals surface area (Å²) >= 11 is 7.43. The van der Waals surface area contributed by atoms with E-state index in [-0.39, 0.29) is 28.4 Å². The van der Waals surface area contributed by atoms with Crippen molar-refractivity contribution in [3.63, 3.8) is 0 Å². The van der Waals surface area contributed by atoms with Crippen molar-refractivity contribution in [2.24, 2.45) is 0 Å². The van der Waals surface area contributed by atoms with Gasteiger partial charge in [0.25, 0.3) is 11.2 Å². The van der Waals surface area contributed by atoms with Gasteiger partial charge in [0, 0.05) is 28.8 Å². The minimum absolute atomic E-state index is 0.0108. The Kier molecular flexibility index (Phi) is 4.86. The standard InChI is InChI=1S/C18H14ClN3O5S/c19-13-8-11(22(25)26)5-6-12(13)17(24)27-9-10-7-16(23)21-14-3-1-2-4-15(14)28-18(21)20-10/h5-8H,1-4,9H2. The highest BCUT2D eigenvalue weighted by molar-refractivity contribution is 7.17. The molecule has 1 aliphatic carbocycles. The first-order chi connectivity index (χ1) is 13.4. The largest absolute Gasteiger partial charge is 0.456 e. The average molecular weight is 420 g/mol. The number of rotatable bonds is 4. The third-order valence-electron chi connectivity index (χ3n) is 4.55. The van der Waals surface area contributed by atoms with E-state index in [4.69, 9.17) is 16.3 Å². The first-order valence-corrected chi connectivity index (χ1v) is 9.78. The smallest absolute Gasteiger partial charge is 0.340 e. The van der Waals surface area contributed by atoms with Gasteiger partial charge in [0.05, 0.1) is 21.2 Å². The number of nitro benzene ring substituents is 1. The Labute approximate surface area is 167 Å². The van der Waals surface area contributed by atoms with Crippen LogP contribution in [0.4, 0.5) is 5.69 Å². The molecule has 0 aliphatic heterocycles. The lowest BCUT2D eigenvalue weighted by Crippen LogP contribution is -2.18. The summed E-state index contributed by atoms with van der Waals surface area (Å²) in [6.45, 7) is -0.194. The molecule has 0 saturated heterocycles. The number of carbonyl (C=O) groups is 1. The van der Waals surface area contributed by atoms with Crippen molar-refractivity contribution in [1.29, 1.82) is 0 Å². The SMILES string of the molecule is O=C(OCc1cc(=O)n2c3c(sc2n1)CCCC3)c1ccc([N+](=O)[O-])cc1Cl. The molecule has 8 nitrogen and oxygen atoms in total. The predicted octanol–water partition coefficient (Wildman–Crippen LogP) is 3.55. The number of hydrogen-bond acceptors (Lipinski definition) is 7. The molecule has 0 bridgehead atoms. The molecule has 10 heteroatoms. The van der Waals surface area contributed by atoms with Crippen LogP contribution in [0.2, 0.25) is 5.02 Å². The van der Waals surface area contributed by atoms with Gasteiger partial charge in [0.15, 0.2) is 4.96 Å². The van der Waals surface area contributed by atoms with Crippen molar-refractivity contribution in [2.75, 3.05) is 0 Å². The van der Waals surface area contributed by atoms with Gasteiger partial charge < -0.3 is 4.74 Å². The lowest BCUT2D eigenvalue weighted by Gasteiger charge is -2.10. The summed E-state index contributed by atoms with van der Waals surface area (Å²) in [4.78, 5) is 41.1. The van der Waals surface area contributed by atoms with Crippen molar-refractivity contribution in [3.05, 3.63) is 71.6 Å². The molecule has 144 valence electrons. The number of hydrogen-bond donors (Lipinski definition) is 0. The summed E-state index contributed by atoms with van der Waals surface area (Å²) in [6, 6.07) is 4.86. The Morgan fingerprint density at radius 1 is 1.32 bits per heavy atom. The van der Waals surface area contributed by atoms with E-state index in [2.05, 4.69) is 4.98 Å². The monoisotopic (exact) mass is 419 g/mol. The Balaban J connectivity index is 1.55. The van der Waals surface area contributed by atoms with Crippen LogP contribution in [0.3, 0.4) is 0 Å². The van der Waals surface area contributed by atoms with Crippen LogP contribution in [0.5, 0.6) is 0 Å². The van der Waals surface area contributed by atoms with Gasteiger partial charge in [-0.2, -0.15) is 0 Å². The fourth-order valence-corrected chi connectivity index (χ4v) is 4.70. The van der Waals surface area contributed by atoms with Crippen LogP contribution in [-0.4, -0.2) is 20.3 Å². The van der Waals surface area contributed by atoms with Crippen LogP contribution in [-0.2, 0) is 24.2 Å². The minimum atomic E-state index is -0.743. The van der Waals surface area contributed by atoms with E-state index in [0.717, 1.165) is 37.4 Å². The van der Waals surface area contributed by atoms with Gasteiger partial charge in [-0.25, -0.2) is 9.78 Å². The number of aromatic nitrogens is 2. The van der Waals surface area contributed by atoms with Crippen molar-refractivity contribution >= 4 is 39.6 Å². The molecule has 0 N–H and O–H groups in total. The molecule has 1 aromatic carbocycles. The molecule has 0 fully saturated rings. The van der Waals surface area contributed by atoms with E-state index < -0.39 is 10.9 Å². The number of ether oxygens (including phenoxy) is 1. The number of non-ortho nitro benzene ring substituents is 1. The maximum Gasteiger partial charge on any atom is 0.340 e. The van der Waals surface area contributed by atoms with Gasteiger partial charge >= 0.3 is 5.97 Å². The van der Waals surface area contributed by atoms with Crippen LogP contribution in [0, 0.1) is 10.1 Å². The number of thiazole rings is 1. The number of aryl methyl sites for hydroxylation is 2. The zero-order valence-corrected chi connectivity index (χ0v) is 16.1. The fraction of sp³-hybridized carbons (Fsp3) is 0.278. The molecule has 4 rings (SSSR count). The number of esters is 1. The quantitative estimate of drug-likeness (QED) is 0.364. The summed E-state index contributed by atoms with van der Waals surface area (Å²) in [5.41, 5.74) is 0.976. The maximum atomic E-state index is 12.5. The molecule has 0 amide bonds. The van der Waals surface area contributed by atoms with E-state index in [1.807, 2.05) is 0 Å². The summed E-state index contributed by atoms with van der Waals surface area (Å²) in [5.74, 6) is -0.743. The Morgan fingerprint density at radius 3 is 2.86 bits per heavy atom. The number of carbonyl (C=O) groups excluding carboxylic acids is 1. The van der Waals surface area contributed by atoms with Crippen LogP contribution in [0.25, 0.3) is 4.96 Å². The van der Waals surface area contributed by atoms with Crippen LogP contribution < -0.4 is 5.56 Å². The first-order valence-electron chi connectivity index (χ1n) is 8.58. The first kappa shape index (κ1) is 18.6. The molecule has 2 aromatic heterocycles. The molecule has 1 aliphatic rings. The molecule has 0 radical (unpaired) electrons. The number of fused-ring (bicyclic) bond motifs is 3. The second-order valence-electron chi connectivity index (χ2n) is 6.38. The van der Waals surface area contributed by atoms with E-state index in [9.17, 15) is 19.7 Å². The predicted molar refractivity (Wildman–Crippen MR) is 103 cm³/mol. The Bertz CT molecular complexity index is 1170. The molecule has 0 unspecified atom stereocenters. The zero-order valence-electron chi connectivity index (χ0n) is 14.5. The van der Waals surface area contributed by atoms with E-state index in [0.29, 0.717) is 10.7 Å². The minimum Gasteiger partial charge on any atom is -0.456 e. The normalized spacial score (nSPS) is 13.3. The molecule has 3 aromatic rings. The lowest BCUT2D eigenvalue weighted by atomic mass is 10.0.